The lowest BCUT2D eigenvalue weighted by molar-refractivity contribution is -0.0894. The van der Waals surface area contributed by atoms with Gasteiger partial charge in [-0.25, -0.2) is 0 Å². The largest absolute Gasteiger partial charge is 0.378 e. The van der Waals surface area contributed by atoms with Gasteiger partial charge in [0.25, 0.3) is 0 Å². The molecule has 1 aromatic carbocycles. The molecule has 1 spiro atoms. The smallest absolute Gasteiger partial charge is 0.0951 e. The van der Waals surface area contributed by atoms with Crippen molar-refractivity contribution in [1.29, 1.82) is 0 Å². The Balaban J connectivity index is 1.57. The topological polar surface area (TPSA) is 30.5 Å². The van der Waals surface area contributed by atoms with Gasteiger partial charge in [0.15, 0.2) is 0 Å². The Morgan fingerprint density at radius 3 is 3.00 bits per heavy atom. The molecule has 0 saturated carbocycles. The molecule has 2 fully saturated rings. The van der Waals surface area contributed by atoms with Gasteiger partial charge in [0.05, 0.1) is 12.2 Å². The van der Waals surface area contributed by atoms with Gasteiger partial charge >= 0.3 is 0 Å². The first-order valence-electron chi connectivity index (χ1n) is 7.27. The van der Waals surface area contributed by atoms with Gasteiger partial charge in [0.2, 0.25) is 0 Å². The Morgan fingerprint density at radius 2 is 2.21 bits per heavy atom. The number of rotatable bonds is 3. The monoisotopic (exact) mass is 261 g/mol. The van der Waals surface area contributed by atoms with Gasteiger partial charge in [0.1, 0.15) is 0 Å². The van der Waals surface area contributed by atoms with Crippen molar-refractivity contribution < 1.29 is 9.47 Å². The first-order chi connectivity index (χ1) is 9.27. The summed E-state index contributed by atoms with van der Waals surface area (Å²) in [5.74, 6) is 0. The summed E-state index contributed by atoms with van der Waals surface area (Å²) in [5, 5.41) is 3.69. The second-order valence-corrected chi connectivity index (χ2v) is 5.83. The quantitative estimate of drug-likeness (QED) is 0.906. The van der Waals surface area contributed by atoms with Crippen LogP contribution in [0.5, 0.6) is 0 Å². The summed E-state index contributed by atoms with van der Waals surface area (Å²) in [4.78, 5) is 0. The van der Waals surface area contributed by atoms with E-state index in [1.54, 1.807) is 0 Å². The molecule has 0 aliphatic carbocycles. The van der Waals surface area contributed by atoms with E-state index in [2.05, 4.69) is 36.5 Å². The fourth-order valence-corrected chi connectivity index (χ4v) is 3.13. The van der Waals surface area contributed by atoms with Crippen molar-refractivity contribution in [2.75, 3.05) is 19.8 Å². The molecular formula is C16H23NO2. The average Bonchev–Trinajstić information content (AvgIpc) is 2.86. The SMILES string of the molecule is Cc1ccccc1CN[C@@H]1CCO[C@]2(CCOC2)C1. The Kier molecular flexibility index (Phi) is 3.87. The minimum Gasteiger partial charge on any atom is -0.378 e. The summed E-state index contributed by atoms with van der Waals surface area (Å²) in [5.41, 5.74) is 2.76. The van der Waals surface area contributed by atoms with Gasteiger partial charge in [-0.15, -0.1) is 0 Å². The molecule has 1 N–H and O–H groups in total. The highest BCUT2D eigenvalue weighted by Gasteiger charge is 2.40. The van der Waals surface area contributed by atoms with Crippen LogP contribution in [0, 0.1) is 6.92 Å². The Labute approximate surface area is 115 Å². The Hall–Kier alpha value is -0.900. The van der Waals surface area contributed by atoms with E-state index in [-0.39, 0.29) is 5.60 Å². The van der Waals surface area contributed by atoms with E-state index in [0.717, 1.165) is 45.6 Å². The van der Waals surface area contributed by atoms with Gasteiger partial charge in [-0.05, 0) is 30.9 Å². The van der Waals surface area contributed by atoms with Crippen molar-refractivity contribution in [2.24, 2.45) is 0 Å². The van der Waals surface area contributed by atoms with Crippen molar-refractivity contribution in [1.82, 2.24) is 5.32 Å². The summed E-state index contributed by atoms with van der Waals surface area (Å²) in [6.07, 6.45) is 3.24. The fourth-order valence-electron chi connectivity index (χ4n) is 3.13. The molecule has 2 aliphatic heterocycles. The molecule has 3 rings (SSSR count). The van der Waals surface area contributed by atoms with Gasteiger partial charge in [-0.2, -0.15) is 0 Å². The highest BCUT2D eigenvalue weighted by molar-refractivity contribution is 5.25. The Bertz CT molecular complexity index is 427. The molecule has 3 heteroatoms. The van der Waals surface area contributed by atoms with E-state index in [0.29, 0.717) is 6.04 Å². The second-order valence-electron chi connectivity index (χ2n) is 5.83. The highest BCUT2D eigenvalue weighted by atomic mass is 16.6. The van der Waals surface area contributed by atoms with Gasteiger partial charge in [0, 0.05) is 32.2 Å². The van der Waals surface area contributed by atoms with Crippen LogP contribution in [0.2, 0.25) is 0 Å². The second kappa shape index (κ2) is 5.61. The molecular weight excluding hydrogens is 238 g/mol. The van der Waals surface area contributed by atoms with E-state index < -0.39 is 0 Å². The number of aryl methyl sites for hydroxylation is 1. The van der Waals surface area contributed by atoms with Crippen LogP contribution in [0.25, 0.3) is 0 Å². The summed E-state index contributed by atoms with van der Waals surface area (Å²) in [7, 11) is 0. The van der Waals surface area contributed by atoms with Crippen LogP contribution in [0.15, 0.2) is 24.3 Å². The fraction of sp³-hybridized carbons (Fsp3) is 0.625. The third kappa shape index (κ3) is 2.99. The third-order valence-corrected chi connectivity index (χ3v) is 4.40. The zero-order valence-corrected chi connectivity index (χ0v) is 11.7. The number of nitrogens with one attached hydrogen (secondary N) is 1. The number of hydrogen-bond donors (Lipinski definition) is 1. The number of ether oxygens (including phenoxy) is 2. The lowest BCUT2D eigenvalue weighted by Crippen LogP contribution is -2.47. The summed E-state index contributed by atoms with van der Waals surface area (Å²) >= 11 is 0. The van der Waals surface area contributed by atoms with E-state index in [1.165, 1.54) is 11.1 Å². The molecule has 2 heterocycles. The van der Waals surface area contributed by atoms with E-state index in [1.807, 2.05) is 0 Å². The zero-order chi connectivity index (χ0) is 13.1. The summed E-state index contributed by atoms with van der Waals surface area (Å²) in [6, 6.07) is 9.14. The molecule has 0 unspecified atom stereocenters. The van der Waals surface area contributed by atoms with Gasteiger partial charge in [-0.3, -0.25) is 0 Å². The molecule has 1 aromatic rings. The zero-order valence-electron chi connectivity index (χ0n) is 11.7. The van der Waals surface area contributed by atoms with Crippen LogP contribution >= 0.6 is 0 Å². The minimum atomic E-state index is 0.00164. The lowest BCUT2D eigenvalue weighted by atomic mass is 9.89. The maximum Gasteiger partial charge on any atom is 0.0951 e. The molecule has 19 heavy (non-hydrogen) atoms. The molecule has 0 radical (unpaired) electrons. The summed E-state index contributed by atoms with van der Waals surface area (Å²) in [6.45, 7) is 5.61. The predicted octanol–water partition coefficient (Wildman–Crippen LogP) is 2.42. The highest BCUT2D eigenvalue weighted by Crippen LogP contribution is 2.32. The van der Waals surface area contributed by atoms with Crippen LogP contribution in [0.1, 0.15) is 30.4 Å². The van der Waals surface area contributed by atoms with Crippen LogP contribution in [0.3, 0.4) is 0 Å². The number of benzene rings is 1. The number of hydrogen-bond acceptors (Lipinski definition) is 3. The molecule has 2 saturated heterocycles. The van der Waals surface area contributed by atoms with Gasteiger partial charge < -0.3 is 14.8 Å². The van der Waals surface area contributed by atoms with Crippen molar-refractivity contribution >= 4 is 0 Å². The normalized spacial score (nSPS) is 30.9. The average molecular weight is 261 g/mol. The van der Waals surface area contributed by atoms with Crippen LogP contribution < -0.4 is 5.32 Å². The van der Waals surface area contributed by atoms with Crippen LogP contribution in [-0.2, 0) is 16.0 Å². The molecule has 2 atom stereocenters. The van der Waals surface area contributed by atoms with E-state index in [4.69, 9.17) is 9.47 Å². The van der Waals surface area contributed by atoms with E-state index in [9.17, 15) is 0 Å². The molecule has 0 bridgehead atoms. The van der Waals surface area contributed by atoms with Gasteiger partial charge in [-0.1, -0.05) is 24.3 Å². The first-order valence-corrected chi connectivity index (χ1v) is 7.27. The lowest BCUT2D eigenvalue weighted by Gasteiger charge is -2.37. The maximum atomic E-state index is 5.97. The van der Waals surface area contributed by atoms with Crippen LogP contribution in [0.4, 0.5) is 0 Å². The van der Waals surface area contributed by atoms with Crippen LogP contribution in [-0.4, -0.2) is 31.5 Å². The maximum absolute atomic E-state index is 5.97. The van der Waals surface area contributed by atoms with Crippen molar-refractivity contribution in [3.63, 3.8) is 0 Å². The molecule has 3 nitrogen and oxygen atoms in total. The third-order valence-electron chi connectivity index (χ3n) is 4.40. The molecule has 2 aliphatic rings. The van der Waals surface area contributed by atoms with Crippen molar-refractivity contribution in [3.8, 4) is 0 Å². The first kappa shape index (κ1) is 13.1. The predicted molar refractivity (Wildman–Crippen MR) is 75.2 cm³/mol. The Morgan fingerprint density at radius 1 is 1.32 bits per heavy atom. The minimum absolute atomic E-state index is 0.00164. The van der Waals surface area contributed by atoms with Crippen molar-refractivity contribution in [2.45, 2.75) is 44.4 Å². The molecule has 0 aromatic heterocycles. The summed E-state index contributed by atoms with van der Waals surface area (Å²) < 4.78 is 11.5. The standard InChI is InChI=1S/C16H23NO2/c1-13-4-2-3-5-14(13)11-17-15-6-8-19-16(10-15)7-9-18-12-16/h2-5,15,17H,6-12H2,1H3/t15-,16-/m1/s1. The molecule has 0 amide bonds. The van der Waals surface area contributed by atoms with E-state index >= 15 is 0 Å². The van der Waals surface area contributed by atoms with Crippen molar-refractivity contribution in [3.05, 3.63) is 35.4 Å². The molecule has 104 valence electrons.